The van der Waals surface area contributed by atoms with E-state index in [1.54, 1.807) is 6.07 Å². The number of benzene rings is 2. The van der Waals surface area contributed by atoms with Crippen molar-refractivity contribution in [2.24, 2.45) is 5.41 Å². The van der Waals surface area contributed by atoms with Crippen molar-refractivity contribution in [3.8, 4) is 5.69 Å². The maximum atomic E-state index is 13.4. The van der Waals surface area contributed by atoms with Gasteiger partial charge in [0, 0.05) is 29.2 Å². The van der Waals surface area contributed by atoms with Crippen LogP contribution in [0.5, 0.6) is 0 Å². The average molecular weight is 452 g/mol. The number of fused-ring (bicyclic) bond motifs is 1. The van der Waals surface area contributed by atoms with Gasteiger partial charge in [-0.25, -0.2) is 4.68 Å². The molecule has 5 rings (SSSR count). The van der Waals surface area contributed by atoms with Gasteiger partial charge in [-0.2, -0.15) is 5.10 Å². The lowest BCUT2D eigenvalue weighted by Crippen LogP contribution is -2.34. The van der Waals surface area contributed by atoms with Gasteiger partial charge in [0.1, 0.15) is 5.82 Å². The van der Waals surface area contributed by atoms with Gasteiger partial charge < -0.3 is 5.32 Å². The van der Waals surface area contributed by atoms with Gasteiger partial charge in [-0.3, -0.25) is 4.79 Å². The molecule has 1 aliphatic carbocycles. The minimum atomic E-state index is -0.234. The van der Waals surface area contributed by atoms with Gasteiger partial charge >= 0.3 is 0 Å². The number of aryl methyl sites for hydroxylation is 1. The van der Waals surface area contributed by atoms with Gasteiger partial charge in [0.2, 0.25) is 0 Å². The minimum Gasteiger partial charge on any atom is -0.343 e. The summed E-state index contributed by atoms with van der Waals surface area (Å²) < 4.78 is 1.94. The SMILES string of the molecule is Cc1nn(-c2ccccc2)c2c1C(c1ccc(Cl)c(Cl)c1)C1=C(CC(C)(C)CC1=O)N2. The van der Waals surface area contributed by atoms with Crippen molar-refractivity contribution in [1.82, 2.24) is 9.78 Å². The van der Waals surface area contributed by atoms with Crippen LogP contribution >= 0.6 is 23.2 Å². The summed E-state index contributed by atoms with van der Waals surface area (Å²) >= 11 is 12.6. The topological polar surface area (TPSA) is 46.9 Å². The Kier molecular flexibility index (Phi) is 4.76. The van der Waals surface area contributed by atoms with Crippen LogP contribution in [0, 0.1) is 12.3 Å². The van der Waals surface area contributed by atoms with Gasteiger partial charge in [0.05, 0.1) is 21.4 Å². The van der Waals surface area contributed by atoms with E-state index < -0.39 is 0 Å². The van der Waals surface area contributed by atoms with Crippen molar-refractivity contribution < 1.29 is 4.79 Å². The highest BCUT2D eigenvalue weighted by Gasteiger charge is 2.43. The van der Waals surface area contributed by atoms with Crippen LogP contribution in [0.25, 0.3) is 5.69 Å². The Morgan fingerprint density at radius 3 is 2.52 bits per heavy atom. The molecule has 2 aliphatic rings. The molecule has 0 saturated heterocycles. The normalized spacial score (nSPS) is 19.6. The zero-order chi connectivity index (χ0) is 21.9. The molecule has 6 heteroatoms. The summed E-state index contributed by atoms with van der Waals surface area (Å²) in [6, 6.07) is 15.7. The molecule has 1 aromatic heterocycles. The molecule has 1 N–H and O–H groups in total. The number of Topliss-reactive ketones (excluding diaryl/α,β-unsaturated/α-hetero) is 1. The first-order chi connectivity index (χ1) is 14.7. The van der Waals surface area contributed by atoms with E-state index in [-0.39, 0.29) is 17.1 Å². The summed E-state index contributed by atoms with van der Waals surface area (Å²) in [5.74, 6) is 0.846. The van der Waals surface area contributed by atoms with Gasteiger partial charge in [-0.15, -0.1) is 0 Å². The van der Waals surface area contributed by atoms with Gasteiger partial charge in [0.25, 0.3) is 0 Å². The monoisotopic (exact) mass is 451 g/mol. The van der Waals surface area contributed by atoms with E-state index in [2.05, 4.69) is 19.2 Å². The van der Waals surface area contributed by atoms with Crippen molar-refractivity contribution >= 4 is 34.8 Å². The third kappa shape index (κ3) is 3.38. The number of hydrogen-bond donors (Lipinski definition) is 1. The number of carbonyl (C=O) groups is 1. The fourth-order valence-electron chi connectivity index (χ4n) is 4.85. The van der Waals surface area contributed by atoms with Crippen molar-refractivity contribution in [2.45, 2.75) is 39.5 Å². The molecule has 0 spiro atoms. The van der Waals surface area contributed by atoms with E-state index in [0.717, 1.165) is 46.0 Å². The number of hydrogen-bond acceptors (Lipinski definition) is 3. The second-order valence-corrected chi connectivity index (χ2v) is 9.97. The first-order valence-corrected chi connectivity index (χ1v) is 11.1. The molecule has 0 amide bonds. The predicted molar refractivity (Wildman–Crippen MR) is 125 cm³/mol. The zero-order valence-electron chi connectivity index (χ0n) is 17.7. The van der Waals surface area contributed by atoms with Crippen LogP contribution in [0.15, 0.2) is 59.8 Å². The van der Waals surface area contributed by atoms with E-state index in [1.165, 1.54) is 0 Å². The second-order valence-electron chi connectivity index (χ2n) is 9.16. The molecule has 1 atom stereocenters. The van der Waals surface area contributed by atoms with E-state index in [1.807, 2.05) is 54.1 Å². The molecule has 0 bridgehead atoms. The summed E-state index contributed by atoms with van der Waals surface area (Å²) in [5, 5.41) is 9.44. The molecule has 2 aromatic carbocycles. The lowest BCUT2D eigenvalue weighted by Gasteiger charge is -2.38. The maximum Gasteiger partial charge on any atom is 0.162 e. The number of anilines is 1. The number of para-hydroxylation sites is 1. The molecule has 0 fully saturated rings. The van der Waals surface area contributed by atoms with Crippen LogP contribution in [-0.4, -0.2) is 15.6 Å². The van der Waals surface area contributed by atoms with E-state index in [9.17, 15) is 4.79 Å². The molecule has 1 aliphatic heterocycles. The number of carbonyl (C=O) groups excluding carboxylic acids is 1. The fraction of sp³-hybridized carbons (Fsp3) is 0.280. The van der Waals surface area contributed by atoms with Crippen molar-refractivity contribution in [3.05, 3.63) is 86.7 Å². The molecule has 1 unspecified atom stereocenters. The Hall–Kier alpha value is -2.56. The molecular formula is C25H23Cl2N3O. The van der Waals surface area contributed by atoms with Crippen LogP contribution in [0.3, 0.4) is 0 Å². The van der Waals surface area contributed by atoms with Crippen LogP contribution in [0.4, 0.5) is 5.82 Å². The lowest BCUT2D eigenvalue weighted by atomic mass is 9.69. The van der Waals surface area contributed by atoms with E-state index in [4.69, 9.17) is 28.3 Å². The molecule has 0 saturated carbocycles. The van der Waals surface area contributed by atoms with Gasteiger partial charge in [-0.1, -0.05) is 61.3 Å². The molecule has 2 heterocycles. The lowest BCUT2D eigenvalue weighted by molar-refractivity contribution is -0.118. The molecule has 31 heavy (non-hydrogen) atoms. The van der Waals surface area contributed by atoms with Crippen LogP contribution < -0.4 is 5.32 Å². The summed E-state index contributed by atoms with van der Waals surface area (Å²) in [7, 11) is 0. The molecular weight excluding hydrogens is 429 g/mol. The number of nitrogens with one attached hydrogen (secondary N) is 1. The Morgan fingerprint density at radius 1 is 1.06 bits per heavy atom. The Labute approximate surface area is 191 Å². The quantitative estimate of drug-likeness (QED) is 0.471. The van der Waals surface area contributed by atoms with Crippen LogP contribution in [0.2, 0.25) is 10.0 Å². The Bertz CT molecular complexity index is 1240. The Morgan fingerprint density at radius 2 is 1.81 bits per heavy atom. The number of halogens is 2. The van der Waals surface area contributed by atoms with Crippen LogP contribution in [0.1, 0.15) is 49.4 Å². The first kappa shape index (κ1) is 20.3. The maximum absolute atomic E-state index is 13.4. The number of nitrogens with zero attached hydrogens (tertiary/aromatic N) is 2. The second kappa shape index (κ2) is 7.25. The van der Waals surface area contributed by atoms with Crippen LogP contribution in [-0.2, 0) is 4.79 Å². The fourth-order valence-corrected chi connectivity index (χ4v) is 5.16. The summed E-state index contributed by atoms with van der Waals surface area (Å²) in [6.07, 6.45) is 1.32. The zero-order valence-corrected chi connectivity index (χ0v) is 19.2. The van der Waals surface area contributed by atoms with Crippen molar-refractivity contribution in [3.63, 3.8) is 0 Å². The van der Waals surface area contributed by atoms with Crippen molar-refractivity contribution in [1.29, 1.82) is 0 Å². The third-order valence-corrected chi connectivity index (χ3v) is 6.89. The van der Waals surface area contributed by atoms with Gasteiger partial charge in [0.15, 0.2) is 5.78 Å². The number of rotatable bonds is 2. The average Bonchev–Trinajstić information content (AvgIpc) is 3.04. The largest absolute Gasteiger partial charge is 0.343 e. The van der Waals surface area contributed by atoms with E-state index >= 15 is 0 Å². The predicted octanol–water partition coefficient (Wildman–Crippen LogP) is 6.69. The Balaban J connectivity index is 1.77. The highest BCUT2D eigenvalue weighted by atomic mass is 35.5. The smallest absolute Gasteiger partial charge is 0.162 e. The summed E-state index contributed by atoms with van der Waals surface area (Å²) in [5.41, 5.74) is 5.50. The van der Waals surface area contributed by atoms with E-state index in [0.29, 0.717) is 16.5 Å². The van der Waals surface area contributed by atoms with Crippen molar-refractivity contribution in [2.75, 3.05) is 5.32 Å². The molecule has 0 radical (unpaired) electrons. The molecule has 4 nitrogen and oxygen atoms in total. The number of aromatic nitrogens is 2. The highest BCUT2D eigenvalue weighted by molar-refractivity contribution is 6.42. The first-order valence-electron chi connectivity index (χ1n) is 10.4. The number of ketones is 1. The van der Waals surface area contributed by atoms with Gasteiger partial charge in [-0.05, 0) is 48.6 Å². The third-order valence-electron chi connectivity index (χ3n) is 6.15. The number of allylic oxidation sites excluding steroid dienone is 2. The molecule has 158 valence electrons. The minimum absolute atomic E-state index is 0.102. The molecule has 3 aromatic rings. The summed E-state index contributed by atoms with van der Waals surface area (Å²) in [4.78, 5) is 13.4. The standard InChI is InChI=1S/C25H23Cl2N3O/c1-14-21-22(15-9-10-17(26)18(27)11-15)23-19(12-25(2,3)13-20(23)31)28-24(21)30(29-14)16-7-5-4-6-8-16/h4-11,22,28H,12-13H2,1-3H3. The highest BCUT2D eigenvalue weighted by Crippen LogP contribution is 2.50. The summed E-state index contributed by atoms with van der Waals surface area (Å²) in [6.45, 7) is 6.27.